The molecule has 41 heavy (non-hydrogen) atoms. The van der Waals surface area contributed by atoms with Crippen LogP contribution in [-0.2, 0) is 28.1 Å². The molecule has 0 nitrogen and oxygen atoms in total. The summed E-state index contributed by atoms with van der Waals surface area (Å²) in [6, 6.07) is 10.5. The van der Waals surface area contributed by atoms with E-state index in [1.54, 1.807) is 38.6 Å². The van der Waals surface area contributed by atoms with Crippen LogP contribution in [0.1, 0.15) is 122 Å². The van der Waals surface area contributed by atoms with Gasteiger partial charge in [-0.2, -0.15) is 0 Å². The van der Waals surface area contributed by atoms with Gasteiger partial charge in [0.15, 0.2) is 0 Å². The van der Waals surface area contributed by atoms with Gasteiger partial charge in [-0.05, 0) is 103 Å². The van der Waals surface area contributed by atoms with Crippen LogP contribution in [0.4, 0.5) is 0 Å². The van der Waals surface area contributed by atoms with E-state index < -0.39 is 8.07 Å². The fraction of sp³-hybridized carbons (Fsp3) is 0.600. The van der Waals surface area contributed by atoms with E-state index >= 15 is 0 Å². The van der Waals surface area contributed by atoms with E-state index in [9.17, 15) is 0 Å². The minimum absolute atomic E-state index is 0.116. The largest absolute Gasteiger partial charge is 0.0778 e. The van der Waals surface area contributed by atoms with E-state index in [1.165, 1.54) is 30.4 Å². The first-order valence-corrected chi connectivity index (χ1v) is 19.9. The molecule has 0 saturated heterocycles. The van der Waals surface area contributed by atoms with Crippen molar-refractivity contribution in [1.29, 1.82) is 0 Å². The van der Waals surface area contributed by atoms with Gasteiger partial charge in [0.05, 0.1) is 8.07 Å². The van der Waals surface area contributed by atoms with Crippen molar-refractivity contribution in [2.24, 2.45) is 17.3 Å². The van der Waals surface area contributed by atoms with Crippen LogP contribution in [0.25, 0.3) is 11.1 Å². The Morgan fingerprint density at radius 3 is 1.68 bits per heavy atom. The number of allylic oxidation sites excluding steroid dienone is 4. The first kappa shape index (κ1) is 29.2. The van der Waals surface area contributed by atoms with Gasteiger partial charge in [-0.15, -0.1) is 0 Å². The highest BCUT2D eigenvalue weighted by molar-refractivity contribution is 6.83. The molecule has 4 aliphatic carbocycles. The van der Waals surface area contributed by atoms with E-state index in [0.717, 1.165) is 6.42 Å². The Morgan fingerprint density at radius 1 is 0.683 bits per heavy atom. The van der Waals surface area contributed by atoms with Crippen LogP contribution in [0.3, 0.4) is 0 Å². The summed E-state index contributed by atoms with van der Waals surface area (Å²) >= 11 is 0. The zero-order valence-electron chi connectivity index (χ0n) is 28.5. The van der Waals surface area contributed by atoms with Gasteiger partial charge in [-0.1, -0.05) is 137 Å². The number of benzene rings is 2. The fourth-order valence-corrected chi connectivity index (χ4v) is 10.6. The SMILES string of the molecule is CC1(C)CCC(C)(C)c2cc3c(cc21)Cc1cc2c(cc1-3)C(C)(C)CC(C(C)(C)C1C=CC([Si](C)(C)C)=C1)C2(C)C. The van der Waals surface area contributed by atoms with Gasteiger partial charge in [-0.25, -0.2) is 0 Å². The predicted molar refractivity (Wildman–Crippen MR) is 182 cm³/mol. The van der Waals surface area contributed by atoms with Crippen molar-refractivity contribution in [3.05, 3.63) is 81.1 Å². The second kappa shape index (κ2) is 8.61. The third-order valence-electron chi connectivity index (χ3n) is 12.5. The van der Waals surface area contributed by atoms with Crippen LogP contribution in [-0.4, -0.2) is 8.07 Å². The summed E-state index contributed by atoms with van der Waals surface area (Å²) in [7, 11) is -1.31. The third-order valence-corrected chi connectivity index (χ3v) is 14.5. The Morgan fingerprint density at radius 2 is 1.17 bits per heavy atom. The summed E-state index contributed by atoms with van der Waals surface area (Å²) in [5, 5.41) is 1.63. The van der Waals surface area contributed by atoms with Crippen LogP contribution in [0, 0.1) is 17.3 Å². The van der Waals surface area contributed by atoms with Crippen LogP contribution in [0.2, 0.25) is 19.6 Å². The fourth-order valence-electron chi connectivity index (χ4n) is 9.36. The lowest BCUT2D eigenvalue weighted by atomic mass is 9.49. The van der Waals surface area contributed by atoms with E-state index in [2.05, 4.69) is 131 Å². The topological polar surface area (TPSA) is 0 Å². The standard InChI is InChI=1S/C40H56Si/c1-36(2)16-17-37(3,4)32-22-29-25(19-31(32)36)18-26-20-34-33(23-30(26)29)38(5,6)24-35(40(34,9)10)39(7,8)27-14-15-28(21-27)41(11,12)13/h14-15,19-23,27,35H,16-18,24H2,1-13H3. The Bertz CT molecular complexity index is 1490. The van der Waals surface area contributed by atoms with Crippen molar-refractivity contribution < 1.29 is 0 Å². The molecule has 0 saturated carbocycles. The summed E-state index contributed by atoms with van der Waals surface area (Å²) in [5.41, 5.74) is 13.5. The van der Waals surface area contributed by atoms with Crippen molar-refractivity contribution in [2.45, 2.75) is 136 Å². The zero-order valence-corrected chi connectivity index (χ0v) is 29.5. The quantitative estimate of drug-likeness (QED) is 0.278. The van der Waals surface area contributed by atoms with Crippen LogP contribution in [0.15, 0.2) is 47.7 Å². The van der Waals surface area contributed by atoms with Gasteiger partial charge in [-0.3, -0.25) is 0 Å². The number of rotatable bonds is 3. The molecule has 0 aliphatic heterocycles. The van der Waals surface area contributed by atoms with Gasteiger partial charge in [0.2, 0.25) is 0 Å². The number of hydrogen-bond donors (Lipinski definition) is 0. The molecule has 0 fully saturated rings. The van der Waals surface area contributed by atoms with Crippen molar-refractivity contribution in [2.75, 3.05) is 0 Å². The van der Waals surface area contributed by atoms with Gasteiger partial charge in [0, 0.05) is 5.92 Å². The van der Waals surface area contributed by atoms with E-state index in [4.69, 9.17) is 0 Å². The second-order valence-electron chi connectivity index (χ2n) is 18.5. The zero-order chi connectivity index (χ0) is 30.1. The Hall–Kier alpha value is -1.86. The Labute approximate surface area is 253 Å². The minimum atomic E-state index is -1.31. The summed E-state index contributed by atoms with van der Waals surface area (Å²) < 4.78 is 0. The maximum atomic E-state index is 2.66. The molecule has 4 aliphatic rings. The average molecular weight is 565 g/mol. The number of fused-ring (bicyclic) bond motifs is 5. The minimum Gasteiger partial charge on any atom is -0.0778 e. The van der Waals surface area contributed by atoms with E-state index in [0.29, 0.717) is 11.8 Å². The lowest BCUT2D eigenvalue weighted by molar-refractivity contribution is 0.0592. The molecule has 1 heteroatoms. The van der Waals surface area contributed by atoms with Gasteiger partial charge in [0.1, 0.15) is 0 Å². The Kier molecular flexibility index (Phi) is 6.14. The normalized spacial score (nSPS) is 26.6. The van der Waals surface area contributed by atoms with Crippen molar-refractivity contribution in [1.82, 2.24) is 0 Å². The molecule has 220 valence electrons. The van der Waals surface area contributed by atoms with E-state index in [-0.39, 0.29) is 27.1 Å². The van der Waals surface area contributed by atoms with Gasteiger partial charge in [0.25, 0.3) is 0 Å². The molecule has 2 aromatic carbocycles. The molecule has 0 amide bonds. The van der Waals surface area contributed by atoms with Gasteiger partial charge < -0.3 is 0 Å². The lowest BCUT2D eigenvalue weighted by Gasteiger charge is -2.55. The van der Waals surface area contributed by atoms with Crippen LogP contribution >= 0.6 is 0 Å². The molecule has 6 rings (SSSR count). The average Bonchev–Trinajstić information content (AvgIpc) is 3.49. The molecule has 2 atom stereocenters. The highest BCUT2D eigenvalue weighted by Crippen LogP contribution is 2.60. The molecule has 0 radical (unpaired) electrons. The first-order valence-electron chi connectivity index (χ1n) is 16.4. The molecule has 0 N–H and O–H groups in total. The third kappa shape index (κ3) is 4.34. The lowest BCUT2D eigenvalue weighted by Crippen LogP contribution is -2.49. The van der Waals surface area contributed by atoms with Crippen molar-refractivity contribution in [3.63, 3.8) is 0 Å². The predicted octanol–water partition coefficient (Wildman–Crippen LogP) is 11.2. The summed E-state index contributed by atoms with van der Waals surface area (Å²) in [4.78, 5) is 0. The molecule has 0 spiro atoms. The van der Waals surface area contributed by atoms with Crippen molar-refractivity contribution >= 4 is 8.07 Å². The number of hydrogen-bond acceptors (Lipinski definition) is 0. The second-order valence-corrected chi connectivity index (χ2v) is 23.6. The molecule has 0 heterocycles. The molecule has 2 unspecified atom stereocenters. The smallest absolute Gasteiger partial charge is 0.0771 e. The molecule has 0 aromatic heterocycles. The summed E-state index contributed by atoms with van der Waals surface area (Å²) in [6.45, 7) is 32.6. The van der Waals surface area contributed by atoms with Crippen LogP contribution in [0.5, 0.6) is 0 Å². The maximum absolute atomic E-state index is 2.66. The summed E-state index contributed by atoms with van der Waals surface area (Å²) in [6.07, 6.45) is 12.5. The Balaban J connectivity index is 1.45. The first-order chi connectivity index (χ1) is 18.7. The van der Waals surface area contributed by atoms with Gasteiger partial charge >= 0.3 is 0 Å². The highest BCUT2D eigenvalue weighted by atomic mass is 28.3. The van der Waals surface area contributed by atoms with Crippen molar-refractivity contribution in [3.8, 4) is 11.1 Å². The maximum Gasteiger partial charge on any atom is 0.0771 e. The van der Waals surface area contributed by atoms with E-state index in [1.807, 2.05) is 0 Å². The van der Waals surface area contributed by atoms with Crippen LogP contribution < -0.4 is 0 Å². The highest BCUT2D eigenvalue weighted by Gasteiger charge is 2.52. The monoisotopic (exact) mass is 564 g/mol. The molecular weight excluding hydrogens is 509 g/mol. The molecular formula is C40H56Si. The molecule has 2 aromatic rings. The molecule has 0 bridgehead atoms. The summed E-state index contributed by atoms with van der Waals surface area (Å²) in [5.74, 6) is 1.11.